The highest BCUT2D eigenvalue weighted by molar-refractivity contribution is 5.82. The Bertz CT molecular complexity index is 454. The lowest BCUT2D eigenvalue weighted by atomic mass is 10.0. The summed E-state index contributed by atoms with van der Waals surface area (Å²) < 4.78 is 12.9. The molecule has 1 fully saturated rings. The van der Waals surface area contributed by atoms with Gasteiger partial charge in [-0.2, -0.15) is 0 Å². The predicted molar refractivity (Wildman–Crippen MR) is 77.4 cm³/mol. The molecule has 110 valence electrons. The number of hydrogen-bond acceptors (Lipinski definition) is 2. The first-order valence-corrected chi connectivity index (χ1v) is 7.26. The van der Waals surface area contributed by atoms with Gasteiger partial charge in [-0.1, -0.05) is 26.0 Å². The van der Waals surface area contributed by atoms with Gasteiger partial charge in [0, 0.05) is 13.1 Å². The first-order valence-electron chi connectivity index (χ1n) is 7.26. The van der Waals surface area contributed by atoms with Crippen molar-refractivity contribution in [2.75, 3.05) is 6.54 Å². The second kappa shape index (κ2) is 6.35. The molecule has 1 aliphatic rings. The molecule has 0 aliphatic heterocycles. The van der Waals surface area contributed by atoms with Gasteiger partial charge in [0.2, 0.25) is 5.91 Å². The monoisotopic (exact) mass is 278 g/mol. The zero-order chi connectivity index (χ0) is 14.7. The first-order chi connectivity index (χ1) is 9.47. The summed E-state index contributed by atoms with van der Waals surface area (Å²) >= 11 is 0. The Hall–Kier alpha value is -1.42. The molecule has 0 saturated heterocycles. The van der Waals surface area contributed by atoms with Crippen molar-refractivity contribution in [2.24, 2.45) is 17.6 Å². The van der Waals surface area contributed by atoms with Crippen molar-refractivity contribution in [3.63, 3.8) is 0 Å². The predicted octanol–water partition coefficient (Wildman–Crippen LogP) is 2.55. The third kappa shape index (κ3) is 4.04. The van der Waals surface area contributed by atoms with Crippen LogP contribution < -0.4 is 5.73 Å². The first kappa shape index (κ1) is 15.0. The molecule has 3 nitrogen and oxygen atoms in total. The van der Waals surface area contributed by atoms with Crippen molar-refractivity contribution < 1.29 is 9.18 Å². The van der Waals surface area contributed by atoms with Crippen LogP contribution in [0.15, 0.2) is 24.3 Å². The van der Waals surface area contributed by atoms with E-state index in [1.54, 1.807) is 12.1 Å². The van der Waals surface area contributed by atoms with E-state index in [-0.39, 0.29) is 17.6 Å². The van der Waals surface area contributed by atoms with Gasteiger partial charge in [0.05, 0.1) is 6.04 Å². The highest BCUT2D eigenvalue weighted by Gasteiger charge is 2.30. The van der Waals surface area contributed by atoms with E-state index in [2.05, 4.69) is 0 Å². The Balaban J connectivity index is 2.06. The van der Waals surface area contributed by atoms with Crippen LogP contribution >= 0.6 is 0 Å². The zero-order valence-corrected chi connectivity index (χ0v) is 12.2. The third-order valence-corrected chi connectivity index (χ3v) is 3.78. The van der Waals surface area contributed by atoms with Crippen LogP contribution in [0.1, 0.15) is 32.3 Å². The number of nitrogens with zero attached hydrogens (tertiary/aromatic N) is 1. The third-order valence-electron chi connectivity index (χ3n) is 3.78. The number of benzene rings is 1. The zero-order valence-electron chi connectivity index (χ0n) is 12.2. The molecule has 0 aromatic heterocycles. The topological polar surface area (TPSA) is 46.3 Å². The van der Waals surface area contributed by atoms with E-state index in [1.807, 2.05) is 18.7 Å². The van der Waals surface area contributed by atoms with Crippen LogP contribution in [0, 0.1) is 17.7 Å². The van der Waals surface area contributed by atoms with Gasteiger partial charge in [-0.3, -0.25) is 4.79 Å². The molecular weight excluding hydrogens is 255 g/mol. The van der Waals surface area contributed by atoms with Gasteiger partial charge in [-0.15, -0.1) is 0 Å². The standard InChI is InChI=1S/C16H23FN2O/c1-11(2)15(18)16(20)19(9-12-3-4-12)10-13-5-7-14(17)8-6-13/h5-8,11-12,15H,3-4,9-10,18H2,1-2H3/t15-/m0/s1. The van der Waals surface area contributed by atoms with E-state index in [1.165, 1.54) is 25.0 Å². The molecule has 1 atom stereocenters. The summed E-state index contributed by atoms with van der Waals surface area (Å²) in [5.74, 6) is 0.472. The molecule has 2 rings (SSSR count). The molecule has 2 N–H and O–H groups in total. The van der Waals surface area contributed by atoms with E-state index >= 15 is 0 Å². The number of carbonyl (C=O) groups is 1. The van der Waals surface area contributed by atoms with Crippen molar-refractivity contribution in [1.29, 1.82) is 0 Å². The maximum atomic E-state index is 12.9. The average Bonchev–Trinajstić information content (AvgIpc) is 3.22. The second-order valence-electron chi connectivity index (χ2n) is 6.06. The maximum Gasteiger partial charge on any atom is 0.240 e. The van der Waals surface area contributed by atoms with Crippen LogP contribution in [0.3, 0.4) is 0 Å². The van der Waals surface area contributed by atoms with Crippen LogP contribution in [0.25, 0.3) is 0 Å². The Morgan fingerprint density at radius 3 is 2.45 bits per heavy atom. The summed E-state index contributed by atoms with van der Waals surface area (Å²) in [6.07, 6.45) is 2.37. The quantitative estimate of drug-likeness (QED) is 0.869. The molecule has 1 amide bonds. The maximum absolute atomic E-state index is 12.9. The minimum absolute atomic E-state index is 0.00350. The van der Waals surface area contributed by atoms with Crippen LogP contribution in [-0.4, -0.2) is 23.4 Å². The average molecular weight is 278 g/mol. The van der Waals surface area contributed by atoms with Crippen LogP contribution in [-0.2, 0) is 11.3 Å². The summed E-state index contributed by atoms with van der Waals surface area (Å²) in [5.41, 5.74) is 6.92. The van der Waals surface area contributed by atoms with Crippen LogP contribution in [0.4, 0.5) is 4.39 Å². The largest absolute Gasteiger partial charge is 0.337 e. The fourth-order valence-electron chi connectivity index (χ4n) is 2.15. The van der Waals surface area contributed by atoms with Gasteiger partial charge < -0.3 is 10.6 Å². The molecule has 0 heterocycles. The van der Waals surface area contributed by atoms with Gasteiger partial charge in [0.15, 0.2) is 0 Å². The van der Waals surface area contributed by atoms with E-state index in [0.29, 0.717) is 12.5 Å². The van der Waals surface area contributed by atoms with Crippen molar-refractivity contribution in [3.8, 4) is 0 Å². The van der Waals surface area contributed by atoms with Crippen molar-refractivity contribution in [3.05, 3.63) is 35.6 Å². The normalized spacial score (nSPS) is 16.2. The van der Waals surface area contributed by atoms with Gasteiger partial charge in [-0.25, -0.2) is 4.39 Å². The summed E-state index contributed by atoms with van der Waals surface area (Å²) in [7, 11) is 0. The molecule has 0 spiro atoms. The van der Waals surface area contributed by atoms with Crippen molar-refractivity contribution >= 4 is 5.91 Å². The Kier molecular flexibility index (Phi) is 4.76. The number of halogens is 1. The molecule has 1 aromatic carbocycles. The molecule has 4 heteroatoms. The smallest absolute Gasteiger partial charge is 0.240 e. The highest BCUT2D eigenvalue weighted by Crippen LogP contribution is 2.30. The van der Waals surface area contributed by atoms with Gasteiger partial charge in [0.25, 0.3) is 0 Å². The lowest BCUT2D eigenvalue weighted by Gasteiger charge is -2.27. The van der Waals surface area contributed by atoms with Crippen molar-refractivity contribution in [1.82, 2.24) is 4.90 Å². The fourth-order valence-corrected chi connectivity index (χ4v) is 2.15. The van der Waals surface area contributed by atoms with Crippen LogP contribution in [0.2, 0.25) is 0 Å². The van der Waals surface area contributed by atoms with E-state index in [4.69, 9.17) is 5.73 Å². The number of carbonyl (C=O) groups excluding carboxylic acids is 1. The Morgan fingerprint density at radius 1 is 1.35 bits per heavy atom. The van der Waals surface area contributed by atoms with E-state index in [0.717, 1.165) is 12.1 Å². The Labute approximate surface area is 120 Å². The summed E-state index contributed by atoms with van der Waals surface area (Å²) in [5, 5.41) is 0. The lowest BCUT2D eigenvalue weighted by Crippen LogP contribution is -2.46. The van der Waals surface area contributed by atoms with E-state index in [9.17, 15) is 9.18 Å². The van der Waals surface area contributed by atoms with Gasteiger partial charge in [0.1, 0.15) is 5.82 Å². The summed E-state index contributed by atoms with van der Waals surface area (Å²) in [4.78, 5) is 14.3. The number of hydrogen-bond donors (Lipinski definition) is 1. The van der Waals surface area contributed by atoms with Crippen LogP contribution in [0.5, 0.6) is 0 Å². The molecular formula is C16H23FN2O. The molecule has 0 unspecified atom stereocenters. The lowest BCUT2D eigenvalue weighted by molar-refractivity contribution is -0.134. The Morgan fingerprint density at radius 2 is 1.95 bits per heavy atom. The van der Waals surface area contributed by atoms with Crippen molar-refractivity contribution in [2.45, 2.75) is 39.3 Å². The second-order valence-corrected chi connectivity index (χ2v) is 6.06. The molecule has 1 aromatic rings. The van der Waals surface area contributed by atoms with Gasteiger partial charge in [-0.05, 0) is 42.4 Å². The summed E-state index contributed by atoms with van der Waals surface area (Å²) in [6.45, 7) is 5.18. The molecule has 1 aliphatic carbocycles. The van der Waals surface area contributed by atoms with Gasteiger partial charge >= 0.3 is 0 Å². The SMILES string of the molecule is CC(C)[C@H](N)C(=O)N(Cc1ccc(F)cc1)CC1CC1. The molecule has 20 heavy (non-hydrogen) atoms. The molecule has 1 saturated carbocycles. The number of nitrogens with two attached hydrogens (primary N) is 1. The molecule has 0 radical (unpaired) electrons. The van der Waals surface area contributed by atoms with E-state index < -0.39 is 6.04 Å². The minimum atomic E-state index is -0.464. The number of amides is 1. The number of rotatable bonds is 6. The fraction of sp³-hybridized carbons (Fsp3) is 0.562. The summed E-state index contributed by atoms with van der Waals surface area (Å²) in [6, 6.07) is 5.84. The molecule has 0 bridgehead atoms. The highest BCUT2D eigenvalue weighted by atomic mass is 19.1. The minimum Gasteiger partial charge on any atom is -0.337 e.